The third-order valence-corrected chi connectivity index (χ3v) is 5.67. The Morgan fingerprint density at radius 3 is 2.07 bits per heavy atom. The molecule has 146 valence electrons. The van der Waals surface area contributed by atoms with Crippen LogP contribution in [-0.4, -0.2) is 44.9 Å². The lowest BCUT2D eigenvalue weighted by Crippen LogP contribution is -2.49. The number of likely N-dealkylation sites (tertiary alicyclic amines) is 1. The van der Waals surface area contributed by atoms with Crippen molar-refractivity contribution in [3.05, 3.63) is 84.4 Å². The molecule has 29 heavy (non-hydrogen) atoms. The summed E-state index contributed by atoms with van der Waals surface area (Å²) >= 11 is 0. The molecule has 1 aromatic heterocycles. The quantitative estimate of drug-likeness (QED) is 0.742. The van der Waals surface area contributed by atoms with Crippen molar-refractivity contribution in [2.45, 2.75) is 18.3 Å². The summed E-state index contributed by atoms with van der Waals surface area (Å²) in [7, 11) is 0. The zero-order chi connectivity index (χ0) is 20.3. The minimum absolute atomic E-state index is 0.0760. The molecule has 0 radical (unpaired) electrons. The predicted molar refractivity (Wildman–Crippen MR) is 108 cm³/mol. The van der Waals surface area contributed by atoms with Crippen LogP contribution in [0.1, 0.15) is 28.8 Å². The Hall–Kier alpha value is -3.54. The van der Waals surface area contributed by atoms with Gasteiger partial charge in [-0.2, -0.15) is 0 Å². The molecule has 0 saturated carbocycles. The Labute approximate surface area is 168 Å². The molecule has 1 amide bonds. The van der Waals surface area contributed by atoms with Crippen LogP contribution in [0.4, 0.5) is 0 Å². The molecule has 2 aromatic carbocycles. The van der Waals surface area contributed by atoms with E-state index in [1.54, 1.807) is 29.4 Å². The highest BCUT2D eigenvalue weighted by atomic mass is 16.4. The largest absolute Gasteiger partial charge is 0.481 e. The highest BCUT2D eigenvalue weighted by Gasteiger charge is 2.43. The van der Waals surface area contributed by atoms with Crippen molar-refractivity contribution in [1.29, 1.82) is 0 Å². The number of hydrogen-bond acceptors (Lipinski definition) is 4. The number of aromatic nitrogens is 2. The molecule has 3 aromatic rings. The zero-order valence-corrected chi connectivity index (χ0v) is 15.9. The van der Waals surface area contributed by atoms with Gasteiger partial charge in [-0.1, -0.05) is 42.5 Å². The van der Waals surface area contributed by atoms with Gasteiger partial charge in [0, 0.05) is 36.6 Å². The second-order valence-corrected chi connectivity index (χ2v) is 7.25. The standard InChI is InChI=1S/C23H21N3O3/c27-21(18-8-6-17(7-9-18)19-14-24-16-25-15-19)26-12-10-23(11-13-26,22(28)29)20-4-2-1-3-5-20/h1-9,14-16H,10-13H2,(H,28,29). The fourth-order valence-electron chi connectivity index (χ4n) is 3.91. The van der Waals surface area contributed by atoms with Gasteiger partial charge in [0.15, 0.2) is 0 Å². The molecule has 1 saturated heterocycles. The van der Waals surface area contributed by atoms with Gasteiger partial charge in [-0.05, 0) is 36.1 Å². The Bertz CT molecular complexity index is 997. The van der Waals surface area contributed by atoms with E-state index in [1.165, 1.54) is 6.33 Å². The zero-order valence-electron chi connectivity index (χ0n) is 15.9. The molecule has 6 heteroatoms. The van der Waals surface area contributed by atoms with Gasteiger partial charge in [0.1, 0.15) is 6.33 Å². The minimum Gasteiger partial charge on any atom is -0.481 e. The van der Waals surface area contributed by atoms with Gasteiger partial charge in [0.05, 0.1) is 5.41 Å². The van der Waals surface area contributed by atoms with Gasteiger partial charge < -0.3 is 10.0 Å². The molecule has 0 spiro atoms. The van der Waals surface area contributed by atoms with Crippen LogP contribution in [0, 0.1) is 0 Å². The van der Waals surface area contributed by atoms with Crippen molar-refractivity contribution in [3.63, 3.8) is 0 Å². The predicted octanol–water partition coefficient (Wildman–Crippen LogP) is 3.40. The highest BCUT2D eigenvalue weighted by molar-refractivity contribution is 5.95. The molecule has 0 bridgehead atoms. The number of nitrogens with zero attached hydrogens (tertiary/aromatic N) is 3. The molecule has 0 aliphatic carbocycles. The maximum atomic E-state index is 12.9. The third-order valence-electron chi connectivity index (χ3n) is 5.67. The van der Waals surface area contributed by atoms with Crippen LogP contribution in [0.2, 0.25) is 0 Å². The molecule has 0 unspecified atom stereocenters. The fraction of sp³-hybridized carbons (Fsp3) is 0.217. The lowest BCUT2D eigenvalue weighted by molar-refractivity contribution is -0.145. The minimum atomic E-state index is -0.935. The highest BCUT2D eigenvalue weighted by Crippen LogP contribution is 2.36. The average Bonchev–Trinajstić information content (AvgIpc) is 2.80. The lowest BCUT2D eigenvalue weighted by Gasteiger charge is -2.39. The molecule has 1 aliphatic rings. The van der Waals surface area contributed by atoms with Crippen LogP contribution in [0.25, 0.3) is 11.1 Å². The Morgan fingerprint density at radius 1 is 0.862 bits per heavy atom. The molecule has 6 nitrogen and oxygen atoms in total. The topological polar surface area (TPSA) is 83.4 Å². The van der Waals surface area contributed by atoms with Crippen molar-refractivity contribution >= 4 is 11.9 Å². The number of amides is 1. The van der Waals surface area contributed by atoms with Gasteiger partial charge in [-0.3, -0.25) is 9.59 Å². The second-order valence-electron chi connectivity index (χ2n) is 7.25. The van der Waals surface area contributed by atoms with E-state index in [0.717, 1.165) is 16.7 Å². The summed E-state index contributed by atoms with van der Waals surface area (Å²) in [6.45, 7) is 0.822. The van der Waals surface area contributed by atoms with Crippen LogP contribution in [0.15, 0.2) is 73.3 Å². The van der Waals surface area contributed by atoms with E-state index in [0.29, 0.717) is 31.5 Å². The average molecular weight is 387 g/mol. The molecule has 0 atom stereocenters. The normalized spacial score (nSPS) is 15.7. The van der Waals surface area contributed by atoms with Gasteiger partial charge in [0.2, 0.25) is 0 Å². The van der Waals surface area contributed by atoms with Gasteiger partial charge >= 0.3 is 5.97 Å². The second kappa shape index (κ2) is 7.83. The van der Waals surface area contributed by atoms with E-state index >= 15 is 0 Å². The molecule has 1 fully saturated rings. The van der Waals surface area contributed by atoms with Crippen LogP contribution in [-0.2, 0) is 10.2 Å². The first-order valence-electron chi connectivity index (χ1n) is 9.54. The van der Waals surface area contributed by atoms with Crippen LogP contribution in [0.3, 0.4) is 0 Å². The van der Waals surface area contributed by atoms with Crippen LogP contribution in [0.5, 0.6) is 0 Å². The number of carboxylic acids is 1. The SMILES string of the molecule is O=C(c1ccc(-c2cncnc2)cc1)N1CCC(C(=O)O)(c2ccccc2)CC1. The van der Waals surface area contributed by atoms with Gasteiger partial charge in [-0.25, -0.2) is 9.97 Å². The Balaban J connectivity index is 1.48. The first-order chi connectivity index (χ1) is 14.1. The maximum absolute atomic E-state index is 12.9. The number of benzene rings is 2. The maximum Gasteiger partial charge on any atom is 0.314 e. The first-order valence-corrected chi connectivity index (χ1v) is 9.54. The summed E-state index contributed by atoms with van der Waals surface area (Å²) in [5.74, 6) is -0.904. The first kappa shape index (κ1) is 18.8. The molecular weight excluding hydrogens is 366 g/mol. The van der Waals surface area contributed by atoms with Crippen molar-refractivity contribution in [1.82, 2.24) is 14.9 Å². The summed E-state index contributed by atoms with van der Waals surface area (Å²) in [5, 5.41) is 9.91. The summed E-state index contributed by atoms with van der Waals surface area (Å²) in [6, 6.07) is 16.6. The lowest BCUT2D eigenvalue weighted by atomic mass is 9.72. The van der Waals surface area contributed by atoms with E-state index in [2.05, 4.69) is 9.97 Å². The molecule has 2 heterocycles. The van der Waals surface area contributed by atoms with E-state index in [1.807, 2.05) is 42.5 Å². The van der Waals surface area contributed by atoms with Gasteiger partial charge in [-0.15, -0.1) is 0 Å². The summed E-state index contributed by atoms with van der Waals surface area (Å²) in [4.78, 5) is 34.8. The van der Waals surface area contributed by atoms with Gasteiger partial charge in [0.25, 0.3) is 5.91 Å². The van der Waals surface area contributed by atoms with E-state index in [9.17, 15) is 14.7 Å². The van der Waals surface area contributed by atoms with E-state index in [-0.39, 0.29) is 5.91 Å². The summed E-state index contributed by atoms with van der Waals surface area (Å²) < 4.78 is 0. The van der Waals surface area contributed by atoms with Crippen LogP contribution < -0.4 is 0 Å². The number of piperidine rings is 1. The third kappa shape index (κ3) is 3.61. The number of carboxylic acid groups (broad SMARTS) is 1. The number of hydrogen-bond donors (Lipinski definition) is 1. The fourth-order valence-corrected chi connectivity index (χ4v) is 3.91. The van der Waals surface area contributed by atoms with E-state index in [4.69, 9.17) is 0 Å². The smallest absolute Gasteiger partial charge is 0.314 e. The van der Waals surface area contributed by atoms with E-state index < -0.39 is 11.4 Å². The van der Waals surface area contributed by atoms with Crippen molar-refractivity contribution in [2.24, 2.45) is 0 Å². The van der Waals surface area contributed by atoms with Crippen molar-refractivity contribution in [2.75, 3.05) is 13.1 Å². The summed E-state index contributed by atoms with van der Waals surface area (Å²) in [5.41, 5.74) is 2.28. The number of carbonyl (C=O) groups is 2. The van der Waals surface area contributed by atoms with Crippen molar-refractivity contribution in [3.8, 4) is 11.1 Å². The number of aliphatic carboxylic acids is 1. The molecule has 1 aliphatic heterocycles. The monoisotopic (exact) mass is 387 g/mol. The summed E-state index contributed by atoms with van der Waals surface area (Å²) in [6.07, 6.45) is 5.73. The molecule has 1 N–H and O–H groups in total. The van der Waals surface area contributed by atoms with Crippen molar-refractivity contribution < 1.29 is 14.7 Å². The molecule has 4 rings (SSSR count). The number of carbonyl (C=O) groups excluding carboxylic acids is 1. The van der Waals surface area contributed by atoms with Crippen LogP contribution >= 0.6 is 0 Å². The number of rotatable bonds is 4. The Kier molecular flexibility index (Phi) is 5.08. The Morgan fingerprint density at radius 2 is 1.48 bits per heavy atom. The molecular formula is C23H21N3O3.